The number of nitrogens with one attached hydrogen (secondary N) is 1. The lowest BCUT2D eigenvalue weighted by Gasteiger charge is -2.15. The van der Waals surface area contributed by atoms with Crippen LogP contribution in [0.4, 0.5) is 18.3 Å². The third-order valence-corrected chi connectivity index (χ3v) is 4.71. The average Bonchev–Trinajstić information content (AvgIpc) is 3.07. The molecule has 2 aromatic rings. The zero-order valence-electron chi connectivity index (χ0n) is 11.9. The highest BCUT2D eigenvalue weighted by Gasteiger charge is 2.40. The van der Waals surface area contributed by atoms with E-state index in [4.69, 9.17) is 0 Å². The van der Waals surface area contributed by atoms with E-state index in [-0.39, 0.29) is 24.2 Å². The molecule has 24 heavy (non-hydrogen) atoms. The van der Waals surface area contributed by atoms with Crippen molar-refractivity contribution in [1.29, 1.82) is 0 Å². The molecule has 10 heteroatoms. The Bertz CT molecular complexity index is 808. The minimum absolute atomic E-state index is 0.00345. The van der Waals surface area contributed by atoms with Gasteiger partial charge in [0.1, 0.15) is 6.54 Å². The molecule has 0 fully saturated rings. The van der Waals surface area contributed by atoms with Gasteiger partial charge < -0.3 is 10.2 Å². The molecule has 0 saturated heterocycles. The molecule has 1 aromatic heterocycles. The first-order valence-corrected chi connectivity index (χ1v) is 8.60. The Morgan fingerprint density at radius 3 is 2.79 bits per heavy atom. The molecule has 126 valence electrons. The first kappa shape index (κ1) is 17.1. The number of aromatic nitrogens is 1. The van der Waals surface area contributed by atoms with Crippen LogP contribution in [-0.2, 0) is 17.5 Å². The van der Waals surface area contributed by atoms with E-state index in [0.29, 0.717) is 8.70 Å². The summed E-state index contributed by atoms with van der Waals surface area (Å²) in [6.07, 6.45) is -3.04. The number of carbonyl (C=O) groups excluding carboxylic acids is 2. The van der Waals surface area contributed by atoms with Gasteiger partial charge in [-0.3, -0.25) is 9.59 Å². The summed E-state index contributed by atoms with van der Waals surface area (Å²) in [5.74, 6) is -1.09. The summed E-state index contributed by atoms with van der Waals surface area (Å²) in [7, 11) is 0. The summed E-state index contributed by atoms with van der Waals surface area (Å²) in [5.41, 5.74) is -0.924. The number of benzene rings is 1. The first-order valence-electron chi connectivity index (χ1n) is 6.64. The van der Waals surface area contributed by atoms with E-state index in [1.165, 1.54) is 23.6 Å². The highest BCUT2D eigenvalue weighted by Crippen LogP contribution is 2.38. The lowest BCUT2D eigenvalue weighted by molar-refractivity contribution is -0.138. The summed E-state index contributed by atoms with van der Waals surface area (Å²) in [6, 6.07) is 2.41. The Balaban J connectivity index is 1.82. The molecular weight excluding hydrogens is 458 g/mol. The topological polar surface area (TPSA) is 62.3 Å². The fourth-order valence-corrected chi connectivity index (χ4v) is 3.60. The van der Waals surface area contributed by atoms with Gasteiger partial charge in [-0.25, -0.2) is 4.98 Å². The highest BCUT2D eigenvalue weighted by atomic mass is 127. The van der Waals surface area contributed by atoms with E-state index >= 15 is 0 Å². The van der Waals surface area contributed by atoms with Gasteiger partial charge in [0, 0.05) is 27.3 Å². The predicted molar refractivity (Wildman–Crippen MR) is 89.6 cm³/mol. The Morgan fingerprint density at radius 2 is 2.17 bits per heavy atom. The van der Waals surface area contributed by atoms with Crippen LogP contribution in [0.15, 0.2) is 23.7 Å². The number of hydrogen-bond donors (Lipinski definition) is 1. The Hall–Kier alpha value is -1.69. The number of hydrogen-bond acceptors (Lipinski definition) is 4. The largest absolute Gasteiger partial charge is 0.416 e. The Labute approximate surface area is 152 Å². The van der Waals surface area contributed by atoms with Crippen LogP contribution in [0.2, 0.25) is 0 Å². The first-order chi connectivity index (χ1) is 11.3. The molecular formula is C14H9F3IN3O2S. The van der Waals surface area contributed by atoms with Crippen LogP contribution < -0.4 is 5.32 Å². The zero-order valence-corrected chi connectivity index (χ0v) is 14.8. The van der Waals surface area contributed by atoms with Crippen LogP contribution in [0.5, 0.6) is 0 Å². The molecule has 0 unspecified atom stereocenters. The molecule has 0 spiro atoms. The molecule has 2 amide bonds. The van der Waals surface area contributed by atoms with Gasteiger partial charge in [0.2, 0.25) is 5.91 Å². The normalized spacial score (nSPS) is 14.0. The van der Waals surface area contributed by atoms with E-state index in [1.807, 2.05) is 0 Å². The lowest BCUT2D eigenvalue weighted by atomic mass is 10.0. The molecule has 1 aliphatic heterocycles. The molecule has 0 saturated carbocycles. The van der Waals surface area contributed by atoms with E-state index in [9.17, 15) is 22.8 Å². The van der Waals surface area contributed by atoms with Crippen LogP contribution in [0.25, 0.3) is 0 Å². The van der Waals surface area contributed by atoms with E-state index in [1.54, 1.807) is 28.0 Å². The fourth-order valence-electron chi connectivity index (χ4n) is 2.43. The number of thiazole rings is 1. The van der Waals surface area contributed by atoms with Crippen LogP contribution in [0.1, 0.15) is 21.5 Å². The van der Waals surface area contributed by atoms with Gasteiger partial charge in [-0.05, 0) is 40.3 Å². The number of nitrogens with zero attached hydrogens (tertiary/aromatic N) is 2. The molecule has 1 aliphatic rings. The molecule has 5 nitrogen and oxygen atoms in total. The van der Waals surface area contributed by atoms with Gasteiger partial charge >= 0.3 is 6.18 Å². The van der Waals surface area contributed by atoms with Crippen molar-refractivity contribution in [2.75, 3.05) is 11.9 Å². The molecule has 3 rings (SSSR count). The third kappa shape index (κ3) is 3.38. The molecule has 0 radical (unpaired) electrons. The Morgan fingerprint density at radius 1 is 1.42 bits per heavy atom. The number of alkyl halides is 3. The maximum atomic E-state index is 13.2. The van der Waals surface area contributed by atoms with E-state index in [2.05, 4.69) is 10.3 Å². The standard InChI is InChI=1S/C14H9F3IN3O2S/c15-14(16,17)10-4-7(18)3-8-9(10)5-21(12(8)23)6-11(22)20-13-19-1-2-24-13/h1-4H,5-6H2,(H,19,20,22). The zero-order chi connectivity index (χ0) is 17.5. The maximum absolute atomic E-state index is 13.2. The van der Waals surface area contributed by atoms with Gasteiger partial charge in [0.15, 0.2) is 5.13 Å². The van der Waals surface area contributed by atoms with Crippen LogP contribution in [0, 0.1) is 3.57 Å². The SMILES string of the molecule is O=C(CN1Cc2c(cc(I)cc2C(F)(F)F)C1=O)Nc1nccs1. The Kier molecular flexibility index (Phi) is 4.51. The molecule has 0 aliphatic carbocycles. The lowest BCUT2D eigenvalue weighted by Crippen LogP contribution is -2.33. The fraction of sp³-hybridized carbons (Fsp3) is 0.214. The minimum atomic E-state index is -4.55. The monoisotopic (exact) mass is 467 g/mol. The van der Waals surface area contributed by atoms with Crippen LogP contribution in [0.3, 0.4) is 0 Å². The summed E-state index contributed by atoms with van der Waals surface area (Å²) in [4.78, 5) is 29.3. The van der Waals surface area contributed by atoms with E-state index in [0.717, 1.165) is 11.0 Å². The second kappa shape index (κ2) is 6.31. The quantitative estimate of drug-likeness (QED) is 0.705. The van der Waals surface area contributed by atoms with Crippen molar-refractivity contribution >= 4 is 50.9 Å². The van der Waals surface area contributed by atoms with Gasteiger partial charge in [-0.2, -0.15) is 13.2 Å². The number of anilines is 1. The van der Waals surface area contributed by atoms with Crippen LogP contribution in [-0.4, -0.2) is 28.2 Å². The van der Waals surface area contributed by atoms with Gasteiger partial charge in [0.25, 0.3) is 5.91 Å². The number of carbonyl (C=O) groups is 2. The molecule has 0 bridgehead atoms. The molecule has 2 heterocycles. The molecule has 0 atom stereocenters. The number of amides is 2. The summed E-state index contributed by atoms with van der Waals surface area (Å²) in [6.45, 7) is -0.577. The van der Waals surface area contributed by atoms with Crippen LogP contribution >= 0.6 is 33.9 Å². The van der Waals surface area contributed by atoms with Crippen molar-refractivity contribution in [3.63, 3.8) is 0 Å². The van der Waals surface area contributed by atoms with Crippen molar-refractivity contribution in [1.82, 2.24) is 9.88 Å². The average molecular weight is 467 g/mol. The molecule has 1 aromatic carbocycles. The second-order valence-electron chi connectivity index (χ2n) is 5.02. The van der Waals surface area contributed by atoms with Crippen molar-refractivity contribution in [2.45, 2.75) is 12.7 Å². The molecule has 1 N–H and O–H groups in total. The predicted octanol–water partition coefficient (Wildman–Crippen LogP) is 3.36. The highest BCUT2D eigenvalue weighted by molar-refractivity contribution is 14.1. The number of rotatable bonds is 3. The number of halogens is 4. The number of fused-ring (bicyclic) bond motifs is 1. The third-order valence-electron chi connectivity index (χ3n) is 3.40. The smallest absolute Gasteiger partial charge is 0.325 e. The van der Waals surface area contributed by atoms with Gasteiger partial charge in [-0.1, -0.05) is 0 Å². The van der Waals surface area contributed by atoms with E-state index < -0.39 is 23.6 Å². The maximum Gasteiger partial charge on any atom is 0.416 e. The summed E-state index contributed by atoms with van der Waals surface area (Å²) >= 11 is 2.95. The second-order valence-corrected chi connectivity index (χ2v) is 7.16. The van der Waals surface area contributed by atoms with Crippen molar-refractivity contribution in [2.24, 2.45) is 0 Å². The summed E-state index contributed by atoms with van der Waals surface area (Å²) in [5, 5.41) is 4.54. The van der Waals surface area contributed by atoms with Crippen molar-refractivity contribution < 1.29 is 22.8 Å². The van der Waals surface area contributed by atoms with Gasteiger partial charge in [-0.15, -0.1) is 11.3 Å². The van der Waals surface area contributed by atoms with Gasteiger partial charge in [0.05, 0.1) is 5.56 Å². The van der Waals surface area contributed by atoms with Crippen molar-refractivity contribution in [3.8, 4) is 0 Å². The summed E-state index contributed by atoms with van der Waals surface area (Å²) < 4.78 is 39.8. The minimum Gasteiger partial charge on any atom is -0.325 e. The van der Waals surface area contributed by atoms with Crippen molar-refractivity contribution in [3.05, 3.63) is 44.0 Å².